The first-order valence-electron chi connectivity index (χ1n) is 7.67. The van der Waals surface area contributed by atoms with Crippen LogP contribution in [0.1, 0.15) is 35.8 Å². The van der Waals surface area contributed by atoms with Gasteiger partial charge in [0.1, 0.15) is 5.69 Å². The molecule has 0 radical (unpaired) electrons. The molecular formula is C17H23ClN4O. The molecule has 5 nitrogen and oxygen atoms in total. The molecule has 1 amide bonds. The summed E-state index contributed by atoms with van der Waals surface area (Å²) in [6, 6.07) is 9.84. The van der Waals surface area contributed by atoms with E-state index >= 15 is 0 Å². The zero-order chi connectivity index (χ0) is 15.7. The number of carbonyl (C=O) groups excluding carboxylic acids is 1. The maximum Gasteiger partial charge on any atom is 0.269 e. The number of halogens is 1. The van der Waals surface area contributed by atoms with Crippen molar-refractivity contribution in [3.05, 3.63) is 41.6 Å². The maximum absolute atomic E-state index is 12.4. The van der Waals surface area contributed by atoms with Crippen molar-refractivity contribution in [2.24, 2.45) is 11.7 Å². The average molecular weight is 335 g/mol. The summed E-state index contributed by atoms with van der Waals surface area (Å²) in [5.41, 5.74) is 8.94. The standard InChI is InChI=1S/C17H22N4O.ClH/c1-11-3-5-12(6-4-11)14-9-15(21-20-14)16(22)19-17(2,10-18)13-7-8-13;/h3-6,9,13H,7-8,10,18H2,1-2H3,(H,19,22)(H,20,21);1H. The summed E-state index contributed by atoms with van der Waals surface area (Å²) in [7, 11) is 0. The summed E-state index contributed by atoms with van der Waals surface area (Å²) in [4.78, 5) is 12.4. The molecule has 1 fully saturated rings. The summed E-state index contributed by atoms with van der Waals surface area (Å²) >= 11 is 0. The number of aromatic amines is 1. The Morgan fingerprint density at radius 1 is 1.39 bits per heavy atom. The molecule has 1 aromatic heterocycles. The molecule has 1 aliphatic rings. The van der Waals surface area contributed by atoms with Crippen LogP contribution in [0.2, 0.25) is 0 Å². The van der Waals surface area contributed by atoms with Gasteiger partial charge in [-0.25, -0.2) is 0 Å². The third-order valence-electron chi connectivity index (χ3n) is 4.47. The first-order chi connectivity index (χ1) is 10.5. The van der Waals surface area contributed by atoms with E-state index in [0.717, 1.165) is 24.1 Å². The molecule has 1 aliphatic carbocycles. The van der Waals surface area contributed by atoms with Crippen molar-refractivity contribution in [2.75, 3.05) is 6.54 Å². The van der Waals surface area contributed by atoms with Gasteiger partial charge >= 0.3 is 0 Å². The Hall–Kier alpha value is -1.85. The van der Waals surface area contributed by atoms with Gasteiger partial charge in [-0.2, -0.15) is 5.10 Å². The second-order valence-corrected chi connectivity index (χ2v) is 6.38. The molecular weight excluding hydrogens is 312 g/mol. The van der Waals surface area contributed by atoms with Crippen LogP contribution < -0.4 is 11.1 Å². The number of carbonyl (C=O) groups is 1. The molecule has 0 spiro atoms. The van der Waals surface area contributed by atoms with Crippen LogP contribution in [0.3, 0.4) is 0 Å². The fraction of sp³-hybridized carbons (Fsp3) is 0.412. The lowest BCUT2D eigenvalue weighted by Crippen LogP contribution is -2.53. The number of nitrogens with two attached hydrogens (primary N) is 1. The van der Waals surface area contributed by atoms with Gasteiger partial charge in [0.2, 0.25) is 0 Å². The topological polar surface area (TPSA) is 83.8 Å². The molecule has 1 saturated carbocycles. The van der Waals surface area contributed by atoms with Gasteiger partial charge in [0.05, 0.1) is 11.2 Å². The second kappa shape index (κ2) is 6.72. The quantitative estimate of drug-likeness (QED) is 0.786. The lowest BCUT2D eigenvalue weighted by atomic mass is 9.96. The zero-order valence-corrected chi connectivity index (χ0v) is 14.2. The SMILES string of the molecule is Cc1ccc(-c2cc(C(=O)NC(C)(CN)C3CC3)[nH]n2)cc1.Cl. The smallest absolute Gasteiger partial charge is 0.269 e. The van der Waals surface area contributed by atoms with Crippen molar-refractivity contribution in [1.29, 1.82) is 0 Å². The number of nitrogens with one attached hydrogen (secondary N) is 2. The molecule has 0 saturated heterocycles. The fourth-order valence-corrected chi connectivity index (χ4v) is 2.68. The highest BCUT2D eigenvalue weighted by molar-refractivity contribution is 5.94. The van der Waals surface area contributed by atoms with E-state index in [1.807, 2.05) is 38.1 Å². The van der Waals surface area contributed by atoms with Crippen molar-refractivity contribution in [1.82, 2.24) is 15.5 Å². The van der Waals surface area contributed by atoms with Gasteiger partial charge in [-0.1, -0.05) is 29.8 Å². The predicted molar refractivity (Wildman–Crippen MR) is 93.7 cm³/mol. The Morgan fingerprint density at radius 3 is 2.61 bits per heavy atom. The summed E-state index contributed by atoms with van der Waals surface area (Å²) in [5.74, 6) is 0.339. The van der Waals surface area contributed by atoms with Crippen molar-refractivity contribution in [3.8, 4) is 11.3 Å². The molecule has 1 atom stereocenters. The van der Waals surface area contributed by atoms with Crippen molar-refractivity contribution < 1.29 is 4.79 Å². The molecule has 1 aromatic carbocycles. The van der Waals surface area contributed by atoms with Gasteiger partial charge in [-0.05, 0) is 38.7 Å². The number of hydrogen-bond acceptors (Lipinski definition) is 3. The summed E-state index contributed by atoms with van der Waals surface area (Å²) in [6.45, 7) is 4.50. The first kappa shape index (κ1) is 17.5. The largest absolute Gasteiger partial charge is 0.344 e. The maximum atomic E-state index is 12.4. The van der Waals surface area contributed by atoms with Crippen LogP contribution in [0.25, 0.3) is 11.3 Å². The van der Waals surface area contributed by atoms with Crippen LogP contribution >= 0.6 is 12.4 Å². The highest BCUT2D eigenvalue weighted by atomic mass is 35.5. The zero-order valence-electron chi connectivity index (χ0n) is 13.4. The third kappa shape index (κ3) is 3.74. The lowest BCUT2D eigenvalue weighted by molar-refractivity contribution is 0.0892. The summed E-state index contributed by atoms with van der Waals surface area (Å²) in [6.07, 6.45) is 2.26. The molecule has 3 rings (SSSR count). The van der Waals surface area contributed by atoms with Gasteiger partial charge in [0.25, 0.3) is 5.91 Å². The van der Waals surface area contributed by atoms with Crippen LogP contribution in [0, 0.1) is 12.8 Å². The number of benzene rings is 1. The van der Waals surface area contributed by atoms with Crippen molar-refractivity contribution in [2.45, 2.75) is 32.2 Å². The highest BCUT2D eigenvalue weighted by Crippen LogP contribution is 2.39. The Kier molecular flexibility index (Phi) is 5.12. The average Bonchev–Trinajstić information content (AvgIpc) is 3.26. The van der Waals surface area contributed by atoms with E-state index in [1.54, 1.807) is 6.07 Å². The minimum Gasteiger partial charge on any atom is -0.344 e. The van der Waals surface area contributed by atoms with Gasteiger partial charge < -0.3 is 11.1 Å². The number of aryl methyl sites for hydroxylation is 1. The summed E-state index contributed by atoms with van der Waals surface area (Å²) in [5, 5.41) is 10.1. The van der Waals surface area contributed by atoms with Crippen molar-refractivity contribution in [3.63, 3.8) is 0 Å². The third-order valence-corrected chi connectivity index (χ3v) is 4.47. The molecule has 0 bridgehead atoms. The van der Waals surface area contributed by atoms with Gasteiger partial charge in [-0.15, -0.1) is 12.4 Å². The van der Waals surface area contributed by atoms with Crippen LogP contribution in [0.5, 0.6) is 0 Å². The second-order valence-electron chi connectivity index (χ2n) is 6.38. The first-order valence-corrected chi connectivity index (χ1v) is 7.67. The Balaban J connectivity index is 0.00000192. The Bertz CT molecular complexity index is 678. The van der Waals surface area contributed by atoms with E-state index in [4.69, 9.17) is 5.73 Å². The molecule has 1 unspecified atom stereocenters. The molecule has 0 aliphatic heterocycles. The number of nitrogens with zero attached hydrogens (tertiary/aromatic N) is 1. The number of rotatable bonds is 5. The van der Waals surface area contributed by atoms with E-state index in [2.05, 4.69) is 15.5 Å². The Labute approximate surface area is 142 Å². The molecule has 6 heteroatoms. The minimum absolute atomic E-state index is 0. The molecule has 4 N–H and O–H groups in total. The fourth-order valence-electron chi connectivity index (χ4n) is 2.68. The van der Waals surface area contributed by atoms with E-state index in [0.29, 0.717) is 18.2 Å². The van der Waals surface area contributed by atoms with Gasteiger partial charge in [0, 0.05) is 12.1 Å². The van der Waals surface area contributed by atoms with Crippen LogP contribution in [0.4, 0.5) is 0 Å². The van der Waals surface area contributed by atoms with Gasteiger partial charge in [-0.3, -0.25) is 9.89 Å². The molecule has 23 heavy (non-hydrogen) atoms. The Morgan fingerprint density at radius 2 is 2.04 bits per heavy atom. The van der Waals surface area contributed by atoms with E-state index in [9.17, 15) is 4.79 Å². The minimum atomic E-state index is -0.327. The van der Waals surface area contributed by atoms with Crippen LogP contribution in [-0.4, -0.2) is 28.2 Å². The monoisotopic (exact) mass is 334 g/mol. The lowest BCUT2D eigenvalue weighted by Gasteiger charge is -2.29. The van der Waals surface area contributed by atoms with E-state index < -0.39 is 0 Å². The number of amides is 1. The van der Waals surface area contributed by atoms with E-state index in [1.165, 1.54) is 5.56 Å². The number of aromatic nitrogens is 2. The normalized spacial score (nSPS) is 16.3. The van der Waals surface area contributed by atoms with E-state index in [-0.39, 0.29) is 23.9 Å². The summed E-state index contributed by atoms with van der Waals surface area (Å²) < 4.78 is 0. The van der Waals surface area contributed by atoms with Crippen molar-refractivity contribution >= 4 is 18.3 Å². The van der Waals surface area contributed by atoms with Gasteiger partial charge in [0.15, 0.2) is 0 Å². The predicted octanol–water partition coefficient (Wildman–Crippen LogP) is 2.66. The number of H-pyrrole nitrogens is 1. The molecule has 1 heterocycles. The molecule has 124 valence electrons. The highest BCUT2D eigenvalue weighted by Gasteiger charge is 2.41. The molecule has 2 aromatic rings. The number of hydrogen-bond donors (Lipinski definition) is 3. The van der Waals surface area contributed by atoms with Crippen LogP contribution in [0.15, 0.2) is 30.3 Å². The van der Waals surface area contributed by atoms with Crippen LogP contribution in [-0.2, 0) is 0 Å².